The Morgan fingerprint density at radius 3 is 2.59 bits per heavy atom. The molecule has 0 bridgehead atoms. The molecule has 120 valence electrons. The molecule has 2 heterocycles. The van der Waals surface area contributed by atoms with Gasteiger partial charge in [0.2, 0.25) is 0 Å². The van der Waals surface area contributed by atoms with E-state index in [0.717, 1.165) is 0 Å². The highest BCUT2D eigenvalue weighted by Gasteiger charge is 2.49. The number of hydrogen-bond donors (Lipinski definition) is 1. The van der Waals surface area contributed by atoms with Crippen LogP contribution in [-0.2, 0) is 9.84 Å². The molecular weight excluding hydrogens is 348 g/mol. The summed E-state index contributed by atoms with van der Waals surface area (Å²) in [5, 5.41) is 8.75. The summed E-state index contributed by atoms with van der Waals surface area (Å²) in [5.41, 5.74) is 0.593. The van der Waals surface area contributed by atoms with Gasteiger partial charge in [0, 0.05) is 11.3 Å². The Kier molecular flexibility index (Phi) is 3.94. The Morgan fingerprint density at radius 2 is 1.95 bits per heavy atom. The first-order valence-corrected chi connectivity index (χ1v) is 9.60. The van der Waals surface area contributed by atoms with Crippen molar-refractivity contribution in [1.82, 2.24) is 0 Å². The lowest BCUT2D eigenvalue weighted by Gasteiger charge is -2.26. The summed E-state index contributed by atoms with van der Waals surface area (Å²) in [6, 6.07) is 3.04. The number of nitrogens with one attached hydrogen (secondary N) is 1. The largest absolute Gasteiger partial charge is 0.495 e. The standard InChI is InChI=1S/C13H15ClN2O4S2/c1-19-10-4-11(20-2)8(3-7(10)14)16-9-5-22(17,18)6-12(9)21-13(16)15/h3-4,9,12,15H,5-6H2,1-2H3/t9-,12-/m1/s1. The van der Waals surface area contributed by atoms with Crippen molar-refractivity contribution in [3.05, 3.63) is 17.2 Å². The van der Waals surface area contributed by atoms with Crippen LogP contribution in [0.4, 0.5) is 5.69 Å². The number of rotatable bonds is 3. The second-order valence-electron chi connectivity index (χ2n) is 5.13. The minimum atomic E-state index is -3.07. The van der Waals surface area contributed by atoms with Gasteiger partial charge in [0.25, 0.3) is 0 Å². The van der Waals surface area contributed by atoms with Crippen molar-refractivity contribution in [1.29, 1.82) is 5.41 Å². The van der Waals surface area contributed by atoms with Gasteiger partial charge in [-0.2, -0.15) is 0 Å². The van der Waals surface area contributed by atoms with Crippen LogP contribution in [0.5, 0.6) is 11.5 Å². The van der Waals surface area contributed by atoms with E-state index in [2.05, 4.69) is 0 Å². The fourth-order valence-electron chi connectivity index (χ4n) is 2.82. The normalized spacial score (nSPS) is 26.1. The Hall–Kier alpha value is -1.12. The third-order valence-electron chi connectivity index (χ3n) is 3.80. The lowest BCUT2D eigenvalue weighted by atomic mass is 10.2. The molecule has 3 rings (SSSR count). The number of anilines is 1. The third-order valence-corrected chi connectivity index (χ3v) is 7.22. The van der Waals surface area contributed by atoms with Crippen LogP contribution < -0.4 is 14.4 Å². The van der Waals surface area contributed by atoms with Gasteiger partial charge in [-0.25, -0.2) is 8.42 Å². The van der Waals surface area contributed by atoms with Crippen LogP contribution in [0.1, 0.15) is 0 Å². The molecule has 0 radical (unpaired) electrons. The molecule has 2 aliphatic rings. The minimum absolute atomic E-state index is 0.0415. The van der Waals surface area contributed by atoms with Crippen molar-refractivity contribution in [2.45, 2.75) is 11.3 Å². The molecule has 2 fully saturated rings. The second kappa shape index (κ2) is 5.50. The van der Waals surface area contributed by atoms with Crippen LogP contribution >= 0.6 is 23.4 Å². The summed E-state index contributed by atoms with van der Waals surface area (Å²) in [5.74, 6) is 1.11. The van der Waals surface area contributed by atoms with Crippen LogP contribution in [0, 0.1) is 5.41 Å². The van der Waals surface area contributed by atoms with Crippen molar-refractivity contribution in [3.8, 4) is 11.5 Å². The Bertz CT molecular complexity index is 738. The van der Waals surface area contributed by atoms with E-state index in [0.29, 0.717) is 27.4 Å². The number of sulfone groups is 1. The highest BCUT2D eigenvalue weighted by Crippen LogP contribution is 2.46. The van der Waals surface area contributed by atoms with E-state index >= 15 is 0 Å². The van der Waals surface area contributed by atoms with E-state index < -0.39 is 9.84 Å². The molecule has 0 spiro atoms. The SMILES string of the molecule is COc1cc(OC)c(N2C(=N)S[C@@H]3CS(=O)(=O)C[C@H]32)cc1Cl. The van der Waals surface area contributed by atoms with E-state index in [1.165, 1.54) is 26.0 Å². The van der Waals surface area contributed by atoms with Gasteiger partial charge < -0.3 is 14.4 Å². The van der Waals surface area contributed by atoms with E-state index in [1.54, 1.807) is 17.0 Å². The summed E-state index contributed by atoms with van der Waals surface area (Å²) in [7, 11) is -0.0467. The van der Waals surface area contributed by atoms with Crippen LogP contribution in [0.15, 0.2) is 12.1 Å². The highest BCUT2D eigenvalue weighted by molar-refractivity contribution is 8.15. The summed E-state index contributed by atoms with van der Waals surface area (Å²) in [4.78, 5) is 1.70. The molecule has 0 amide bonds. The highest BCUT2D eigenvalue weighted by atomic mass is 35.5. The number of halogens is 1. The molecule has 1 N–H and O–H groups in total. The minimum Gasteiger partial charge on any atom is -0.495 e. The van der Waals surface area contributed by atoms with Crippen molar-refractivity contribution >= 4 is 44.1 Å². The number of benzene rings is 1. The van der Waals surface area contributed by atoms with Crippen LogP contribution in [0.25, 0.3) is 0 Å². The molecule has 0 unspecified atom stereocenters. The molecule has 9 heteroatoms. The third kappa shape index (κ3) is 2.53. The quantitative estimate of drug-likeness (QED) is 0.886. The molecular formula is C13H15ClN2O4S2. The fourth-order valence-corrected chi connectivity index (χ4v) is 6.84. The van der Waals surface area contributed by atoms with Gasteiger partial charge in [-0.3, -0.25) is 5.41 Å². The van der Waals surface area contributed by atoms with Crippen molar-refractivity contribution in [2.24, 2.45) is 0 Å². The molecule has 2 saturated heterocycles. The number of hydrogen-bond acceptors (Lipinski definition) is 6. The number of amidine groups is 1. The zero-order chi connectivity index (χ0) is 16.1. The molecule has 1 aromatic rings. The van der Waals surface area contributed by atoms with Gasteiger partial charge in [0.15, 0.2) is 15.0 Å². The van der Waals surface area contributed by atoms with Crippen molar-refractivity contribution in [3.63, 3.8) is 0 Å². The lowest BCUT2D eigenvalue weighted by Crippen LogP contribution is -2.37. The summed E-state index contributed by atoms with van der Waals surface area (Å²) in [6.45, 7) is 0. The average Bonchev–Trinajstić information content (AvgIpc) is 2.88. The lowest BCUT2D eigenvalue weighted by molar-refractivity contribution is 0.394. The van der Waals surface area contributed by atoms with Gasteiger partial charge in [-0.05, 0) is 6.07 Å². The van der Waals surface area contributed by atoms with E-state index in [-0.39, 0.29) is 22.8 Å². The van der Waals surface area contributed by atoms with Crippen LogP contribution in [-0.4, -0.2) is 50.6 Å². The van der Waals surface area contributed by atoms with E-state index in [4.69, 9.17) is 26.5 Å². The molecule has 22 heavy (non-hydrogen) atoms. The smallest absolute Gasteiger partial charge is 0.161 e. The second-order valence-corrected chi connectivity index (χ2v) is 8.92. The fraction of sp³-hybridized carbons (Fsp3) is 0.462. The number of methoxy groups -OCH3 is 2. The van der Waals surface area contributed by atoms with Crippen LogP contribution in [0.2, 0.25) is 5.02 Å². The summed E-state index contributed by atoms with van der Waals surface area (Å²) >= 11 is 7.46. The van der Waals surface area contributed by atoms with Gasteiger partial charge in [0.05, 0.1) is 42.5 Å². The maximum atomic E-state index is 11.9. The Labute approximate surface area is 138 Å². The maximum absolute atomic E-state index is 11.9. The Morgan fingerprint density at radius 1 is 1.27 bits per heavy atom. The molecule has 2 atom stereocenters. The van der Waals surface area contributed by atoms with E-state index in [9.17, 15) is 8.42 Å². The summed E-state index contributed by atoms with van der Waals surface area (Å²) in [6.07, 6.45) is 0. The molecule has 2 aliphatic heterocycles. The Balaban J connectivity index is 2.06. The maximum Gasteiger partial charge on any atom is 0.161 e. The van der Waals surface area contributed by atoms with Gasteiger partial charge >= 0.3 is 0 Å². The zero-order valence-electron chi connectivity index (χ0n) is 12.0. The number of nitrogens with zero attached hydrogens (tertiary/aromatic N) is 1. The molecule has 6 nitrogen and oxygen atoms in total. The number of fused-ring (bicyclic) bond motifs is 1. The van der Waals surface area contributed by atoms with Gasteiger partial charge in [-0.1, -0.05) is 23.4 Å². The van der Waals surface area contributed by atoms with Crippen molar-refractivity contribution < 1.29 is 17.9 Å². The number of ether oxygens (including phenoxy) is 2. The first-order chi connectivity index (χ1) is 10.4. The number of thioether (sulfide) groups is 1. The monoisotopic (exact) mass is 362 g/mol. The van der Waals surface area contributed by atoms with Gasteiger partial charge in [-0.15, -0.1) is 0 Å². The first kappa shape index (κ1) is 15.8. The molecule has 1 aromatic carbocycles. The predicted octanol–water partition coefficient (Wildman–Crippen LogP) is 2.01. The van der Waals surface area contributed by atoms with Gasteiger partial charge in [0.1, 0.15) is 11.5 Å². The van der Waals surface area contributed by atoms with Crippen molar-refractivity contribution in [2.75, 3.05) is 30.6 Å². The molecule has 0 saturated carbocycles. The van der Waals surface area contributed by atoms with E-state index in [1.807, 2.05) is 0 Å². The predicted molar refractivity (Wildman–Crippen MR) is 88.6 cm³/mol. The molecule has 0 aliphatic carbocycles. The zero-order valence-corrected chi connectivity index (χ0v) is 14.4. The molecule has 0 aromatic heterocycles. The topological polar surface area (TPSA) is 79.7 Å². The summed E-state index contributed by atoms with van der Waals surface area (Å²) < 4.78 is 34.3. The first-order valence-electron chi connectivity index (χ1n) is 6.52. The average molecular weight is 363 g/mol. The van der Waals surface area contributed by atoms with Crippen LogP contribution in [0.3, 0.4) is 0 Å².